The molecular weight excluding hydrogens is 773 g/mol. The summed E-state index contributed by atoms with van der Waals surface area (Å²) < 4.78 is 0. The lowest BCUT2D eigenvalue weighted by atomic mass is 9.83. The number of hydrogen-bond donors (Lipinski definition) is 0. The predicted molar refractivity (Wildman–Crippen MR) is 278 cm³/mol. The molecule has 0 saturated carbocycles. The Balaban J connectivity index is 1.38. The van der Waals surface area contributed by atoms with Crippen LogP contribution >= 0.6 is 0 Å². The summed E-state index contributed by atoms with van der Waals surface area (Å²) >= 11 is 0. The smallest absolute Gasteiger partial charge is 0.0561 e. The van der Waals surface area contributed by atoms with Gasteiger partial charge in [0.2, 0.25) is 0 Å². The third-order valence-electron chi connectivity index (χ3n) is 13.4. The molecule has 10 aromatic rings. The van der Waals surface area contributed by atoms with Crippen molar-refractivity contribution < 1.29 is 0 Å². The molecule has 314 valence electrons. The van der Waals surface area contributed by atoms with Gasteiger partial charge >= 0.3 is 0 Å². The van der Waals surface area contributed by atoms with Crippen molar-refractivity contribution >= 4 is 66.4 Å². The number of hydrogen-bond acceptors (Lipinski definition) is 2. The van der Waals surface area contributed by atoms with Crippen molar-refractivity contribution in [1.82, 2.24) is 0 Å². The minimum atomic E-state index is 0.00234. The van der Waals surface area contributed by atoms with Gasteiger partial charge in [-0.3, -0.25) is 0 Å². The van der Waals surface area contributed by atoms with Gasteiger partial charge in [0.05, 0.1) is 22.7 Å². The van der Waals surface area contributed by atoms with Gasteiger partial charge in [0.15, 0.2) is 0 Å². The molecule has 2 nitrogen and oxygen atoms in total. The molecule has 0 heterocycles. The fourth-order valence-electron chi connectivity index (χ4n) is 10.2. The topological polar surface area (TPSA) is 6.48 Å². The maximum Gasteiger partial charge on any atom is 0.0561 e. The van der Waals surface area contributed by atoms with E-state index in [0.29, 0.717) is 0 Å². The Hall–Kier alpha value is -7.16. The maximum absolute atomic E-state index is 2.56. The molecule has 0 fully saturated rings. The lowest BCUT2D eigenvalue weighted by molar-refractivity contribution is 0.591. The van der Waals surface area contributed by atoms with Crippen LogP contribution in [0.25, 0.3) is 54.6 Å². The molecule has 0 N–H and O–H groups in total. The number of aryl methyl sites for hydroxylation is 4. The number of nitrogens with zero attached hydrogens (tertiary/aromatic N) is 2. The third-order valence-corrected chi connectivity index (χ3v) is 13.4. The fourth-order valence-corrected chi connectivity index (χ4v) is 10.2. The van der Waals surface area contributed by atoms with E-state index in [4.69, 9.17) is 0 Å². The van der Waals surface area contributed by atoms with Crippen LogP contribution in [0.4, 0.5) is 34.1 Å². The van der Waals surface area contributed by atoms with Crippen molar-refractivity contribution in [3.63, 3.8) is 0 Å². The highest BCUT2D eigenvalue weighted by Crippen LogP contribution is 2.53. The summed E-state index contributed by atoms with van der Waals surface area (Å²) in [5, 5.41) is 7.57. The van der Waals surface area contributed by atoms with Crippen LogP contribution in [0.1, 0.15) is 59.7 Å². The van der Waals surface area contributed by atoms with Crippen molar-refractivity contribution in [3.05, 3.63) is 215 Å². The molecule has 0 amide bonds. The van der Waals surface area contributed by atoms with Crippen LogP contribution in [0, 0.1) is 41.5 Å². The van der Waals surface area contributed by atoms with E-state index in [1.54, 1.807) is 0 Å². The zero-order chi connectivity index (χ0) is 44.4. The first-order valence-electron chi connectivity index (χ1n) is 22.7. The van der Waals surface area contributed by atoms with Gasteiger partial charge in [0.25, 0.3) is 0 Å². The molecule has 2 heteroatoms. The Morgan fingerprint density at radius 2 is 0.812 bits per heavy atom. The summed E-state index contributed by atoms with van der Waals surface area (Å²) in [7, 11) is 0. The summed E-state index contributed by atoms with van der Waals surface area (Å²) in [5.74, 6) is 0. The lowest BCUT2D eigenvalue weighted by Gasteiger charge is -2.35. The first-order valence-corrected chi connectivity index (χ1v) is 22.7. The molecule has 0 aliphatic rings. The van der Waals surface area contributed by atoms with Crippen LogP contribution in [0.3, 0.4) is 0 Å². The number of benzene rings is 10. The molecule has 0 unspecified atom stereocenters. The van der Waals surface area contributed by atoms with Crippen molar-refractivity contribution in [1.29, 1.82) is 0 Å². The Morgan fingerprint density at radius 1 is 0.375 bits per heavy atom. The zero-order valence-electron chi connectivity index (χ0n) is 38.6. The molecule has 0 aromatic heterocycles. The maximum atomic E-state index is 2.56. The Bertz CT molecular complexity index is 3160. The van der Waals surface area contributed by atoms with Crippen LogP contribution in [-0.2, 0) is 5.41 Å². The predicted octanol–water partition coefficient (Wildman–Crippen LogP) is 18.0. The second-order valence-corrected chi connectivity index (χ2v) is 19.0. The summed E-state index contributed by atoms with van der Waals surface area (Å²) in [6.45, 7) is 20.5. The minimum Gasteiger partial charge on any atom is -0.309 e. The Labute approximate surface area is 379 Å². The molecule has 0 saturated heterocycles. The van der Waals surface area contributed by atoms with E-state index in [2.05, 4.69) is 248 Å². The third kappa shape index (κ3) is 6.99. The van der Waals surface area contributed by atoms with Gasteiger partial charge < -0.3 is 9.80 Å². The van der Waals surface area contributed by atoms with E-state index in [0.717, 1.165) is 22.7 Å². The van der Waals surface area contributed by atoms with Crippen LogP contribution in [-0.4, -0.2) is 0 Å². The normalized spacial score (nSPS) is 11.8. The minimum absolute atomic E-state index is 0.00234. The fraction of sp³-hybridized carbons (Fsp3) is 0.161. The molecule has 0 spiro atoms. The molecular formula is C62H56N2. The highest BCUT2D eigenvalue weighted by Gasteiger charge is 2.29. The molecule has 10 aromatic carbocycles. The van der Waals surface area contributed by atoms with E-state index in [-0.39, 0.29) is 5.41 Å². The quantitative estimate of drug-likeness (QED) is 0.141. The average molecular weight is 829 g/mol. The number of anilines is 6. The van der Waals surface area contributed by atoms with Gasteiger partial charge in [-0.05, 0) is 155 Å². The molecule has 0 bridgehead atoms. The average Bonchev–Trinajstić information content (AvgIpc) is 3.28. The summed E-state index contributed by atoms with van der Waals surface area (Å²) in [5.41, 5.74) is 20.6. The molecule has 0 radical (unpaired) electrons. The van der Waals surface area contributed by atoms with Crippen molar-refractivity contribution in [3.8, 4) is 22.3 Å². The van der Waals surface area contributed by atoms with E-state index < -0.39 is 0 Å². The van der Waals surface area contributed by atoms with Gasteiger partial charge in [-0.15, -0.1) is 0 Å². The first-order chi connectivity index (χ1) is 30.9. The molecule has 0 aliphatic carbocycles. The van der Waals surface area contributed by atoms with Gasteiger partial charge in [-0.2, -0.15) is 0 Å². The van der Waals surface area contributed by atoms with Crippen molar-refractivity contribution in [2.45, 2.75) is 67.7 Å². The van der Waals surface area contributed by atoms with Crippen molar-refractivity contribution in [2.75, 3.05) is 9.80 Å². The molecule has 64 heavy (non-hydrogen) atoms. The number of rotatable bonds is 8. The molecule has 0 atom stereocenters. The highest BCUT2D eigenvalue weighted by atomic mass is 15.2. The summed E-state index contributed by atoms with van der Waals surface area (Å²) in [6.07, 6.45) is 0. The van der Waals surface area contributed by atoms with Gasteiger partial charge in [-0.25, -0.2) is 0 Å². The van der Waals surface area contributed by atoms with Crippen LogP contribution in [0.2, 0.25) is 0 Å². The zero-order valence-corrected chi connectivity index (χ0v) is 38.6. The van der Waals surface area contributed by atoms with E-state index in [1.165, 1.54) is 105 Å². The van der Waals surface area contributed by atoms with Crippen LogP contribution in [0.15, 0.2) is 176 Å². The van der Waals surface area contributed by atoms with Gasteiger partial charge in [0.1, 0.15) is 0 Å². The van der Waals surface area contributed by atoms with Crippen LogP contribution in [0.5, 0.6) is 0 Å². The van der Waals surface area contributed by atoms with Gasteiger partial charge in [-0.1, -0.05) is 166 Å². The van der Waals surface area contributed by atoms with E-state index in [1.807, 2.05) is 0 Å². The SMILES string of the molecule is Cc1cccc(N(c2c(C)ccc(-c3ccccc3)c2C)c2cc(N(c3cccc(C)c3)c3c(C)ccc(-c4ccccc4)c3C)c3ccc4cc(C(C)(C)C)cc5ccc2c3c54)c1. The Morgan fingerprint density at radius 3 is 1.22 bits per heavy atom. The van der Waals surface area contributed by atoms with E-state index in [9.17, 15) is 0 Å². The van der Waals surface area contributed by atoms with Gasteiger partial charge in [0, 0.05) is 27.5 Å². The van der Waals surface area contributed by atoms with E-state index >= 15 is 0 Å². The van der Waals surface area contributed by atoms with Crippen molar-refractivity contribution in [2.24, 2.45) is 0 Å². The standard InChI is InChI=1S/C62H56N2/c1-39-18-16-24-50(34-39)63(60-41(3)26-30-52(43(60)5)45-20-12-10-13-21-45)56-38-57(55-33-29-48-37-49(62(7,8)9)36-47-28-32-54(56)59(55)58(47)48)64(51-25-17-19-40(2)35-51)61-42(4)27-31-53(44(61)6)46-22-14-11-15-23-46/h10-38H,1-9H3. The Kier molecular flexibility index (Phi) is 10.1. The molecule has 10 rings (SSSR count). The second kappa shape index (κ2) is 15.9. The lowest BCUT2D eigenvalue weighted by Crippen LogP contribution is -2.17. The largest absolute Gasteiger partial charge is 0.309 e. The summed E-state index contributed by atoms with van der Waals surface area (Å²) in [4.78, 5) is 5.13. The second-order valence-electron chi connectivity index (χ2n) is 19.0. The van der Waals surface area contributed by atoms with Crippen LogP contribution < -0.4 is 9.80 Å². The molecule has 0 aliphatic heterocycles. The summed E-state index contributed by atoms with van der Waals surface area (Å²) in [6, 6.07) is 65.8. The first kappa shape index (κ1) is 40.9. The monoisotopic (exact) mass is 828 g/mol. The highest BCUT2D eigenvalue weighted by molar-refractivity contribution is 6.29.